The Labute approximate surface area is 174 Å². The van der Waals surface area contributed by atoms with Crippen LogP contribution in [0.25, 0.3) is 5.69 Å². The molecule has 3 aromatic rings. The van der Waals surface area contributed by atoms with E-state index in [2.05, 4.69) is 27.9 Å². The van der Waals surface area contributed by atoms with Crippen LogP contribution in [0.1, 0.15) is 28.8 Å². The van der Waals surface area contributed by atoms with Crippen molar-refractivity contribution in [3.63, 3.8) is 0 Å². The Morgan fingerprint density at radius 1 is 1.03 bits per heavy atom. The molecule has 0 bridgehead atoms. The minimum absolute atomic E-state index is 0.283. The smallest absolute Gasteiger partial charge is 0.315 e. The van der Waals surface area contributed by atoms with Gasteiger partial charge in [0.25, 0.3) is 0 Å². The molecule has 0 radical (unpaired) electrons. The van der Waals surface area contributed by atoms with Gasteiger partial charge in [-0.2, -0.15) is 15.6 Å². The summed E-state index contributed by atoms with van der Waals surface area (Å²) in [7, 11) is 0. The monoisotopic (exact) mass is 399 g/mol. The average molecular weight is 399 g/mol. The second kappa shape index (κ2) is 9.76. The summed E-state index contributed by atoms with van der Waals surface area (Å²) >= 11 is 0. The number of benzene rings is 2. The van der Waals surface area contributed by atoms with Gasteiger partial charge in [-0.05, 0) is 42.7 Å². The van der Waals surface area contributed by atoms with Crippen LogP contribution in [-0.2, 0) is 13.0 Å². The van der Waals surface area contributed by atoms with Crippen LogP contribution in [0.4, 0.5) is 10.6 Å². The molecule has 2 amide bonds. The zero-order chi connectivity index (χ0) is 21.3. The fourth-order valence-electron chi connectivity index (χ4n) is 2.94. The molecule has 0 aliphatic carbocycles. The number of nitrogen functional groups attached to an aromatic ring is 1. The molecule has 2 aromatic carbocycles. The molecule has 0 aliphatic rings. The molecule has 0 unspecified atom stereocenters. The van der Waals surface area contributed by atoms with Crippen molar-refractivity contribution in [2.75, 3.05) is 12.3 Å². The lowest BCUT2D eigenvalue weighted by atomic mass is 10.1. The van der Waals surface area contributed by atoms with Crippen molar-refractivity contribution in [3.05, 3.63) is 77.0 Å². The fraction of sp³-hybridized carbons (Fsp3) is 0.182. The predicted octanol–water partition coefficient (Wildman–Crippen LogP) is 2.63. The van der Waals surface area contributed by atoms with Gasteiger partial charge in [0.1, 0.15) is 17.5 Å². The van der Waals surface area contributed by atoms with Gasteiger partial charge in [-0.1, -0.05) is 30.3 Å². The highest BCUT2D eigenvalue weighted by Gasteiger charge is 2.16. The van der Waals surface area contributed by atoms with Gasteiger partial charge in [0, 0.05) is 13.1 Å². The molecule has 0 fully saturated rings. The lowest BCUT2D eigenvalue weighted by Gasteiger charge is -2.07. The molecule has 0 aliphatic heterocycles. The first-order valence-corrected chi connectivity index (χ1v) is 9.46. The zero-order valence-corrected chi connectivity index (χ0v) is 16.3. The number of anilines is 1. The van der Waals surface area contributed by atoms with Crippen molar-refractivity contribution in [2.24, 2.45) is 0 Å². The second-order valence-corrected chi connectivity index (χ2v) is 6.59. The highest BCUT2D eigenvalue weighted by molar-refractivity contribution is 5.73. The maximum absolute atomic E-state index is 12.0. The van der Waals surface area contributed by atoms with Crippen molar-refractivity contribution in [1.29, 1.82) is 10.5 Å². The summed E-state index contributed by atoms with van der Waals surface area (Å²) in [6.07, 6.45) is 1.13. The van der Waals surface area contributed by atoms with Gasteiger partial charge in [-0.25, -0.2) is 9.48 Å². The van der Waals surface area contributed by atoms with Crippen LogP contribution < -0.4 is 16.4 Å². The summed E-state index contributed by atoms with van der Waals surface area (Å²) in [5.41, 5.74) is 9.34. The largest absolute Gasteiger partial charge is 0.382 e. The Morgan fingerprint density at radius 3 is 2.43 bits per heavy atom. The normalized spacial score (nSPS) is 10.1. The van der Waals surface area contributed by atoms with Crippen LogP contribution in [0, 0.1) is 22.7 Å². The lowest BCUT2D eigenvalue weighted by Crippen LogP contribution is -2.35. The van der Waals surface area contributed by atoms with Gasteiger partial charge in [0.05, 0.1) is 23.0 Å². The Morgan fingerprint density at radius 2 is 1.77 bits per heavy atom. The predicted molar refractivity (Wildman–Crippen MR) is 112 cm³/mol. The fourth-order valence-corrected chi connectivity index (χ4v) is 2.94. The summed E-state index contributed by atoms with van der Waals surface area (Å²) in [6.45, 7) is 0.802. The molecule has 0 saturated heterocycles. The quantitative estimate of drug-likeness (QED) is 0.525. The molecule has 3 rings (SSSR count). The standard InChI is InChI=1S/C22H21N7O/c23-13-16-8-10-17(11-9-16)15-27-22(30)26-12-4-7-20-19(14-24)21(25)29(28-20)18-5-2-1-3-6-18/h1-3,5-6,8-11H,4,7,12,15,25H2,(H2,26,27,30). The molecule has 8 heteroatoms. The number of hydrogen-bond acceptors (Lipinski definition) is 5. The summed E-state index contributed by atoms with van der Waals surface area (Å²) in [6, 6.07) is 20.3. The number of carbonyl (C=O) groups is 1. The molecule has 1 heterocycles. The van der Waals surface area contributed by atoms with E-state index in [9.17, 15) is 10.1 Å². The number of rotatable bonds is 7. The number of carbonyl (C=O) groups excluding carboxylic acids is 1. The van der Waals surface area contributed by atoms with E-state index in [0.29, 0.717) is 48.6 Å². The molecular weight excluding hydrogens is 378 g/mol. The molecular formula is C22H21N7O. The average Bonchev–Trinajstić information content (AvgIpc) is 3.11. The summed E-state index contributed by atoms with van der Waals surface area (Å²) in [4.78, 5) is 12.0. The third-order valence-electron chi connectivity index (χ3n) is 4.52. The number of nitrogens with one attached hydrogen (secondary N) is 2. The Kier molecular flexibility index (Phi) is 6.65. The number of aromatic nitrogens is 2. The number of urea groups is 1. The van der Waals surface area contributed by atoms with E-state index in [4.69, 9.17) is 11.0 Å². The van der Waals surface area contributed by atoms with Crippen LogP contribution in [0.2, 0.25) is 0 Å². The summed E-state index contributed by atoms with van der Waals surface area (Å²) in [5.74, 6) is 0.312. The highest BCUT2D eigenvalue weighted by atomic mass is 16.2. The second-order valence-electron chi connectivity index (χ2n) is 6.59. The SMILES string of the molecule is N#Cc1ccc(CNC(=O)NCCCc2nn(-c3ccccc3)c(N)c2C#N)cc1. The first-order chi connectivity index (χ1) is 14.6. The highest BCUT2D eigenvalue weighted by Crippen LogP contribution is 2.21. The van der Waals surface area contributed by atoms with Crippen LogP contribution in [0.3, 0.4) is 0 Å². The molecule has 0 saturated carbocycles. The van der Waals surface area contributed by atoms with Crippen molar-refractivity contribution in [2.45, 2.75) is 19.4 Å². The molecule has 0 atom stereocenters. The lowest BCUT2D eigenvalue weighted by molar-refractivity contribution is 0.240. The van der Waals surface area contributed by atoms with Gasteiger partial charge >= 0.3 is 6.03 Å². The Bertz CT molecular complexity index is 1090. The molecule has 4 N–H and O–H groups in total. The van der Waals surface area contributed by atoms with E-state index in [1.807, 2.05) is 30.3 Å². The van der Waals surface area contributed by atoms with Gasteiger partial charge in [0.2, 0.25) is 0 Å². The Balaban J connectivity index is 1.48. The number of nitriles is 2. The first-order valence-electron chi connectivity index (χ1n) is 9.46. The minimum Gasteiger partial charge on any atom is -0.382 e. The van der Waals surface area contributed by atoms with Crippen molar-refractivity contribution in [1.82, 2.24) is 20.4 Å². The van der Waals surface area contributed by atoms with Crippen molar-refractivity contribution >= 4 is 11.8 Å². The van der Waals surface area contributed by atoms with Gasteiger partial charge in [-0.15, -0.1) is 0 Å². The zero-order valence-electron chi connectivity index (χ0n) is 16.3. The summed E-state index contributed by atoms with van der Waals surface area (Å²) < 4.78 is 1.56. The maximum Gasteiger partial charge on any atom is 0.315 e. The van der Waals surface area contributed by atoms with Crippen LogP contribution in [-0.4, -0.2) is 22.4 Å². The number of amides is 2. The maximum atomic E-state index is 12.0. The molecule has 0 spiro atoms. The van der Waals surface area contributed by atoms with Crippen molar-refractivity contribution in [3.8, 4) is 17.8 Å². The molecule has 150 valence electrons. The van der Waals surface area contributed by atoms with E-state index in [1.165, 1.54) is 0 Å². The van der Waals surface area contributed by atoms with Crippen LogP contribution >= 0.6 is 0 Å². The first kappa shape index (κ1) is 20.4. The number of para-hydroxylation sites is 1. The van der Waals surface area contributed by atoms with Crippen LogP contribution in [0.15, 0.2) is 54.6 Å². The van der Waals surface area contributed by atoms with Crippen LogP contribution in [0.5, 0.6) is 0 Å². The Hall–Kier alpha value is -4.30. The van der Waals surface area contributed by atoms with Gasteiger partial charge in [0.15, 0.2) is 0 Å². The molecule has 8 nitrogen and oxygen atoms in total. The van der Waals surface area contributed by atoms with E-state index in [0.717, 1.165) is 11.3 Å². The number of aryl methyl sites for hydroxylation is 1. The van der Waals surface area contributed by atoms with Gasteiger partial charge in [-0.3, -0.25) is 0 Å². The third-order valence-corrected chi connectivity index (χ3v) is 4.52. The van der Waals surface area contributed by atoms with E-state index in [-0.39, 0.29) is 6.03 Å². The van der Waals surface area contributed by atoms with E-state index < -0.39 is 0 Å². The third kappa shape index (κ3) is 4.94. The molecule has 1 aromatic heterocycles. The molecule has 30 heavy (non-hydrogen) atoms. The van der Waals surface area contributed by atoms with E-state index in [1.54, 1.807) is 28.9 Å². The summed E-state index contributed by atoms with van der Waals surface area (Å²) in [5, 5.41) is 28.3. The topological polar surface area (TPSA) is 133 Å². The number of nitrogens with two attached hydrogens (primary N) is 1. The number of nitrogens with zero attached hydrogens (tertiary/aromatic N) is 4. The van der Waals surface area contributed by atoms with Crippen molar-refractivity contribution < 1.29 is 4.79 Å². The van der Waals surface area contributed by atoms with Gasteiger partial charge < -0.3 is 16.4 Å². The number of hydrogen-bond donors (Lipinski definition) is 3. The van der Waals surface area contributed by atoms with E-state index >= 15 is 0 Å². The minimum atomic E-state index is -0.283.